The van der Waals surface area contributed by atoms with Crippen LogP contribution < -0.4 is 9.62 Å². The zero-order valence-electron chi connectivity index (χ0n) is 25.1. The highest BCUT2D eigenvalue weighted by molar-refractivity contribution is 7.92. The maximum atomic E-state index is 14.5. The van der Waals surface area contributed by atoms with E-state index >= 15 is 0 Å². The van der Waals surface area contributed by atoms with Crippen LogP contribution >= 0.6 is 34.8 Å². The lowest BCUT2D eigenvalue weighted by Gasteiger charge is -2.34. The monoisotopic (exact) mass is 685 g/mol. The number of amides is 2. The van der Waals surface area contributed by atoms with Crippen LogP contribution in [0.3, 0.4) is 0 Å². The molecule has 0 heterocycles. The van der Waals surface area contributed by atoms with Gasteiger partial charge in [0.05, 0.1) is 25.7 Å². The van der Waals surface area contributed by atoms with Crippen molar-refractivity contribution < 1.29 is 18.0 Å². The van der Waals surface area contributed by atoms with Gasteiger partial charge in [0.2, 0.25) is 11.8 Å². The van der Waals surface area contributed by atoms with Gasteiger partial charge in [-0.25, -0.2) is 8.42 Å². The molecule has 0 spiro atoms. The minimum absolute atomic E-state index is 0.00441. The molecule has 236 valence electrons. The summed E-state index contributed by atoms with van der Waals surface area (Å²) in [4.78, 5) is 29.6. The quantitative estimate of drug-likeness (QED) is 0.169. The average molecular weight is 687 g/mol. The topological polar surface area (TPSA) is 86.8 Å². The molecule has 1 N–H and O–H groups in total. The summed E-state index contributed by atoms with van der Waals surface area (Å²) in [5, 5.41) is 3.70. The first-order valence-corrected chi connectivity index (χ1v) is 16.9. The minimum atomic E-state index is -4.27. The van der Waals surface area contributed by atoms with Gasteiger partial charge in [-0.05, 0) is 68.3 Å². The Bertz CT molecular complexity index is 1750. The van der Waals surface area contributed by atoms with Crippen LogP contribution in [0.4, 0.5) is 5.69 Å². The molecule has 0 aromatic heterocycles. The van der Waals surface area contributed by atoms with Crippen LogP contribution in [-0.4, -0.2) is 43.8 Å². The van der Waals surface area contributed by atoms with E-state index in [1.54, 1.807) is 48.5 Å². The molecule has 0 unspecified atom stereocenters. The standard InChI is InChI=1S/C34H34Cl3N3O4S/c1-23(2)38-34(42)32(20-25-9-5-4-6-10-25)39(21-26-15-18-28(35)30(37)19-26)33(41)22-40(31-12-8-7-11-29(31)36)45(43,44)27-16-13-24(3)14-17-27/h4-19,23,32H,20-22H2,1-3H3,(H,38,42)/t32-/m1/s1. The van der Waals surface area contributed by atoms with Crippen molar-refractivity contribution in [1.82, 2.24) is 10.2 Å². The van der Waals surface area contributed by atoms with Crippen molar-refractivity contribution in [3.05, 3.63) is 129 Å². The van der Waals surface area contributed by atoms with Crippen molar-refractivity contribution in [3.8, 4) is 0 Å². The summed E-state index contributed by atoms with van der Waals surface area (Å²) >= 11 is 19.0. The molecular formula is C34H34Cl3N3O4S. The number of halogens is 3. The van der Waals surface area contributed by atoms with Crippen molar-refractivity contribution in [2.45, 2.75) is 50.7 Å². The molecule has 0 aliphatic rings. The van der Waals surface area contributed by atoms with Gasteiger partial charge in [-0.3, -0.25) is 13.9 Å². The van der Waals surface area contributed by atoms with Crippen molar-refractivity contribution >= 4 is 62.3 Å². The average Bonchev–Trinajstić information content (AvgIpc) is 3.00. The Kier molecular flexibility index (Phi) is 11.6. The molecule has 2 amide bonds. The number of sulfonamides is 1. The molecule has 11 heteroatoms. The van der Waals surface area contributed by atoms with E-state index in [-0.39, 0.29) is 45.5 Å². The van der Waals surface area contributed by atoms with Crippen LogP contribution in [-0.2, 0) is 32.6 Å². The third-order valence-corrected chi connectivity index (χ3v) is 9.88. The normalized spacial score (nSPS) is 12.1. The second kappa shape index (κ2) is 15.1. The predicted octanol–water partition coefficient (Wildman–Crippen LogP) is 7.32. The van der Waals surface area contributed by atoms with E-state index in [2.05, 4.69) is 5.32 Å². The summed E-state index contributed by atoms with van der Waals surface area (Å²) in [6.45, 7) is 4.84. The SMILES string of the molecule is Cc1ccc(S(=O)(=O)N(CC(=O)N(Cc2ccc(Cl)c(Cl)c2)[C@H](Cc2ccccc2)C(=O)NC(C)C)c2ccccc2Cl)cc1. The van der Waals surface area contributed by atoms with Crippen molar-refractivity contribution in [2.75, 3.05) is 10.8 Å². The number of hydrogen-bond acceptors (Lipinski definition) is 4. The largest absolute Gasteiger partial charge is 0.352 e. The smallest absolute Gasteiger partial charge is 0.264 e. The molecular weight excluding hydrogens is 653 g/mol. The molecule has 0 fully saturated rings. The molecule has 0 bridgehead atoms. The van der Waals surface area contributed by atoms with Gasteiger partial charge >= 0.3 is 0 Å². The molecule has 45 heavy (non-hydrogen) atoms. The van der Waals surface area contributed by atoms with Crippen LogP contribution in [0.2, 0.25) is 15.1 Å². The molecule has 4 rings (SSSR count). The third kappa shape index (κ3) is 8.79. The maximum absolute atomic E-state index is 14.5. The first kappa shape index (κ1) is 34.3. The molecule has 7 nitrogen and oxygen atoms in total. The molecule has 4 aromatic carbocycles. The third-order valence-electron chi connectivity index (χ3n) is 7.05. The molecule has 4 aromatic rings. The maximum Gasteiger partial charge on any atom is 0.264 e. The molecule has 0 aliphatic heterocycles. The lowest BCUT2D eigenvalue weighted by Crippen LogP contribution is -2.54. The van der Waals surface area contributed by atoms with Gasteiger partial charge in [-0.1, -0.05) is 101 Å². The summed E-state index contributed by atoms with van der Waals surface area (Å²) in [6, 6.07) is 25.8. The number of anilines is 1. The zero-order chi connectivity index (χ0) is 32.7. The lowest BCUT2D eigenvalue weighted by atomic mass is 10.0. The number of hydrogen-bond donors (Lipinski definition) is 1. The predicted molar refractivity (Wildman–Crippen MR) is 181 cm³/mol. The first-order chi connectivity index (χ1) is 21.4. The fourth-order valence-corrected chi connectivity index (χ4v) is 6.82. The number of rotatable bonds is 12. The van der Waals surface area contributed by atoms with Crippen LogP contribution in [0, 0.1) is 6.92 Å². The number of benzene rings is 4. The molecule has 0 aliphatic carbocycles. The van der Waals surface area contributed by atoms with Gasteiger partial charge in [0.1, 0.15) is 12.6 Å². The fraction of sp³-hybridized carbons (Fsp3) is 0.235. The van der Waals surface area contributed by atoms with E-state index in [0.29, 0.717) is 10.6 Å². The Labute approximate surface area is 279 Å². The highest BCUT2D eigenvalue weighted by atomic mass is 35.5. The molecule has 0 saturated carbocycles. The molecule has 0 radical (unpaired) electrons. The number of nitrogens with one attached hydrogen (secondary N) is 1. The summed E-state index contributed by atoms with van der Waals surface area (Å²) < 4.78 is 29.2. The van der Waals surface area contributed by atoms with Crippen molar-refractivity contribution in [2.24, 2.45) is 0 Å². The lowest BCUT2D eigenvalue weighted by molar-refractivity contribution is -0.140. The van der Waals surface area contributed by atoms with Gasteiger partial charge in [-0.2, -0.15) is 0 Å². The number of nitrogens with zero attached hydrogens (tertiary/aromatic N) is 2. The van der Waals surface area contributed by atoms with Crippen LogP contribution in [0.1, 0.15) is 30.5 Å². The second-order valence-electron chi connectivity index (χ2n) is 10.9. The summed E-state index contributed by atoms with van der Waals surface area (Å²) in [7, 11) is -4.27. The van der Waals surface area contributed by atoms with Crippen molar-refractivity contribution in [3.63, 3.8) is 0 Å². The number of carbonyl (C=O) groups is 2. The van der Waals surface area contributed by atoms with Crippen molar-refractivity contribution in [1.29, 1.82) is 0 Å². The Morgan fingerprint density at radius 3 is 2.04 bits per heavy atom. The van der Waals surface area contributed by atoms with Gasteiger partial charge in [0.15, 0.2) is 0 Å². The van der Waals surface area contributed by atoms with Gasteiger partial charge in [-0.15, -0.1) is 0 Å². The van der Waals surface area contributed by atoms with Crippen LogP contribution in [0.5, 0.6) is 0 Å². The molecule has 1 atom stereocenters. The van der Waals surface area contributed by atoms with E-state index in [0.717, 1.165) is 15.4 Å². The van der Waals surface area contributed by atoms with Gasteiger partial charge in [0, 0.05) is 19.0 Å². The van der Waals surface area contributed by atoms with E-state index in [1.807, 2.05) is 51.1 Å². The van der Waals surface area contributed by atoms with Gasteiger partial charge in [0.25, 0.3) is 10.0 Å². The Morgan fingerprint density at radius 1 is 0.778 bits per heavy atom. The van der Waals surface area contributed by atoms with E-state index in [1.165, 1.54) is 23.1 Å². The number of carbonyl (C=O) groups excluding carboxylic acids is 2. The Hall–Kier alpha value is -3.56. The summed E-state index contributed by atoms with van der Waals surface area (Å²) in [5.74, 6) is -0.996. The van der Waals surface area contributed by atoms with Crippen LogP contribution in [0.15, 0.2) is 102 Å². The van der Waals surface area contributed by atoms with Gasteiger partial charge < -0.3 is 10.2 Å². The Balaban J connectivity index is 1.83. The Morgan fingerprint density at radius 2 is 1.42 bits per heavy atom. The molecule has 0 saturated heterocycles. The first-order valence-electron chi connectivity index (χ1n) is 14.3. The van der Waals surface area contributed by atoms with E-state index in [9.17, 15) is 18.0 Å². The zero-order valence-corrected chi connectivity index (χ0v) is 28.2. The second-order valence-corrected chi connectivity index (χ2v) is 14.0. The summed E-state index contributed by atoms with van der Waals surface area (Å²) in [6.07, 6.45) is 0.184. The highest BCUT2D eigenvalue weighted by Crippen LogP contribution is 2.31. The van der Waals surface area contributed by atoms with Crippen LogP contribution in [0.25, 0.3) is 0 Å². The summed E-state index contributed by atoms with van der Waals surface area (Å²) in [5.41, 5.74) is 2.44. The minimum Gasteiger partial charge on any atom is -0.352 e. The number of aryl methyl sites for hydroxylation is 1. The number of para-hydroxylation sites is 1. The van der Waals surface area contributed by atoms with E-state index in [4.69, 9.17) is 34.8 Å². The highest BCUT2D eigenvalue weighted by Gasteiger charge is 2.35. The fourth-order valence-electron chi connectivity index (χ4n) is 4.77. The van der Waals surface area contributed by atoms with E-state index < -0.39 is 28.5 Å².